The van der Waals surface area contributed by atoms with Crippen LogP contribution in [0.2, 0.25) is 0 Å². The van der Waals surface area contributed by atoms with Gasteiger partial charge in [-0.15, -0.1) is 0 Å². The molecule has 0 radical (unpaired) electrons. The van der Waals surface area contributed by atoms with Gasteiger partial charge in [-0.2, -0.15) is 0 Å². The Morgan fingerprint density at radius 1 is 0.609 bits per heavy atom. The summed E-state index contributed by atoms with van der Waals surface area (Å²) < 4.78 is 0. The molecule has 3 fully saturated rings. The molecule has 3 saturated heterocycles. The summed E-state index contributed by atoms with van der Waals surface area (Å²) in [5, 5.41) is 24.8. The average molecular weight is 329 g/mol. The SMILES string of the molecule is CNC12CNCCNCC(N)(CNCCNC1)CNCCNC2. The van der Waals surface area contributed by atoms with Crippen molar-refractivity contribution >= 4 is 0 Å². The Kier molecular flexibility index (Phi) is 8.14. The highest BCUT2D eigenvalue weighted by atomic mass is 15.1. The quantitative estimate of drug-likeness (QED) is 0.248. The summed E-state index contributed by atoms with van der Waals surface area (Å²) in [5.74, 6) is 0. The maximum absolute atomic E-state index is 6.58. The largest absolute Gasteiger partial charge is 0.322 e. The number of nitrogens with one attached hydrogen (secondary N) is 7. The first kappa shape index (κ1) is 19.0. The van der Waals surface area contributed by atoms with Crippen molar-refractivity contribution in [3.8, 4) is 0 Å². The van der Waals surface area contributed by atoms with E-state index in [4.69, 9.17) is 5.73 Å². The Balaban J connectivity index is 2.06. The van der Waals surface area contributed by atoms with Crippen LogP contribution in [-0.2, 0) is 0 Å². The second-order valence-electron chi connectivity index (χ2n) is 6.95. The molecule has 0 saturated carbocycles. The molecule has 0 aromatic rings. The fraction of sp³-hybridized carbons (Fsp3) is 1.00. The van der Waals surface area contributed by atoms with Gasteiger partial charge in [0.25, 0.3) is 0 Å². The molecule has 0 unspecified atom stereocenters. The summed E-state index contributed by atoms with van der Waals surface area (Å²) in [5.41, 5.74) is 6.34. The molecule has 0 spiro atoms. The molecular formula is C15H36N8. The van der Waals surface area contributed by atoms with Crippen molar-refractivity contribution in [1.29, 1.82) is 0 Å². The second kappa shape index (κ2) is 9.85. The van der Waals surface area contributed by atoms with E-state index in [0.29, 0.717) is 0 Å². The molecule has 0 amide bonds. The van der Waals surface area contributed by atoms with Crippen LogP contribution in [-0.4, -0.2) is 96.7 Å². The first-order chi connectivity index (χ1) is 11.2. The zero-order valence-corrected chi connectivity index (χ0v) is 14.6. The zero-order valence-electron chi connectivity index (χ0n) is 14.6. The lowest BCUT2D eigenvalue weighted by Crippen LogP contribution is -2.65. The number of hydrogen-bond acceptors (Lipinski definition) is 8. The van der Waals surface area contributed by atoms with E-state index in [1.807, 2.05) is 0 Å². The van der Waals surface area contributed by atoms with Crippen LogP contribution in [0.1, 0.15) is 0 Å². The Hall–Kier alpha value is -0.320. The third-order valence-corrected chi connectivity index (χ3v) is 4.79. The van der Waals surface area contributed by atoms with Gasteiger partial charge in [0, 0.05) is 78.5 Å². The maximum Gasteiger partial charge on any atom is 0.0556 e. The van der Waals surface area contributed by atoms with Crippen molar-refractivity contribution in [1.82, 2.24) is 37.2 Å². The Bertz CT molecular complexity index is 281. The van der Waals surface area contributed by atoms with Gasteiger partial charge in [-0.25, -0.2) is 0 Å². The minimum atomic E-state index is -0.261. The third-order valence-electron chi connectivity index (χ3n) is 4.79. The summed E-state index contributed by atoms with van der Waals surface area (Å²) in [7, 11) is 2.05. The molecule has 0 atom stereocenters. The van der Waals surface area contributed by atoms with E-state index in [-0.39, 0.29) is 11.1 Å². The molecule has 3 aliphatic heterocycles. The van der Waals surface area contributed by atoms with E-state index in [1.54, 1.807) is 0 Å². The van der Waals surface area contributed by atoms with E-state index in [0.717, 1.165) is 78.5 Å². The van der Waals surface area contributed by atoms with Crippen LogP contribution in [0.3, 0.4) is 0 Å². The van der Waals surface area contributed by atoms with Crippen LogP contribution in [0.25, 0.3) is 0 Å². The second-order valence-corrected chi connectivity index (χ2v) is 6.95. The Morgan fingerprint density at radius 3 is 1.22 bits per heavy atom. The normalized spacial score (nSPS) is 36.3. The lowest BCUT2D eigenvalue weighted by molar-refractivity contribution is 0.285. The Labute approximate surface area is 140 Å². The van der Waals surface area contributed by atoms with Crippen LogP contribution in [0, 0.1) is 0 Å². The Morgan fingerprint density at radius 2 is 0.913 bits per heavy atom. The van der Waals surface area contributed by atoms with Gasteiger partial charge in [-0.05, 0) is 7.05 Å². The summed E-state index contributed by atoms with van der Waals surface area (Å²) in [6.45, 7) is 10.9. The van der Waals surface area contributed by atoms with Crippen LogP contribution < -0.4 is 43.0 Å². The first-order valence-electron chi connectivity index (χ1n) is 8.90. The number of nitrogens with two attached hydrogens (primary N) is 1. The van der Waals surface area contributed by atoms with Crippen molar-refractivity contribution in [2.24, 2.45) is 5.73 Å². The van der Waals surface area contributed by atoms with Gasteiger partial charge in [0.1, 0.15) is 0 Å². The van der Waals surface area contributed by atoms with Gasteiger partial charge < -0.3 is 43.0 Å². The standard InChI is InChI=1S/C15H36N8/c1-17-15-11-21-5-2-18-8-14(16,9-19-3-6-22-12-15)10-20-4-7-23-13-15/h17-23H,2-13,16H2,1H3. The molecule has 3 heterocycles. The molecule has 2 bridgehead atoms. The minimum absolute atomic E-state index is 0.0197. The van der Waals surface area contributed by atoms with E-state index < -0.39 is 0 Å². The van der Waals surface area contributed by atoms with Gasteiger partial charge in [-0.3, -0.25) is 0 Å². The summed E-state index contributed by atoms with van der Waals surface area (Å²) in [6.07, 6.45) is 0. The lowest BCUT2D eigenvalue weighted by Gasteiger charge is -2.36. The molecule has 136 valence electrons. The first-order valence-corrected chi connectivity index (χ1v) is 8.90. The fourth-order valence-corrected chi connectivity index (χ4v) is 3.17. The predicted octanol–water partition coefficient (Wildman–Crippen LogP) is -3.79. The smallest absolute Gasteiger partial charge is 0.0556 e. The maximum atomic E-state index is 6.58. The van der Waals surface area contributed by atoms with Crippen molar-refractivity contribution in [3.05, 3.63) is 0 Å². The fourth-order valence-electron chi connectivity index (χ4n) is 3.17. The highest BCUT2D eigenvalue weighted by Gasteiger charge is 2.28. The lowest BCUT2D eigenvalue weighted by atomic mass is 9.98. The van der Waals surface area contributed by atoms with Crippen LogP contribution in [0.4, 0.5) is 0 Å². The summed E-state index contributed by atoms with van der Waals surface area (Å²) in [4.78, 5) is 0. The molecule has 9 N–H and O–H groups in total. The molecule has 0 aromatic carbocycles. The van der Waals surface area contributed by atoms with E-state index in [2.05, 4.69) is 44.3 Å². The number of rotatable bonds is 1. The topological polar surface area (TPSA) is 110 Å². The van der Waals surface area contributed by atoms with E-state index in [1.165, 1.54) is 0 Å². The van der Waals surface area contributed by atoms with Gasteiger partial charge in [0.2, 0.25) is 0 Å². The van der Waals surface area contributed by atoms with Crippen LogP contribution in [0.5, 0.6) is 0 Å². The van der Waals surface area contributed by atoms with Gasteiger partial charge >= 0.3 is 0 Å². The monoisotopic (exact) mass is 328 g/mol. The van der Waals surface area contributed by atoms with Gasteiger partial charge in [0.15, 0.2) is 0 Å². The van der Waals surface area contributed by atoms with Crippen molar-refractivity contribution in [2.45, 2.75) is 11.1 Å². The molecule has 8 nitrogen and oxygen atoms in total. The van der Waals surface area contributed by atoms with Gasteiger partial charge in [0.05, 0.1) is 11.1 Å². The predicted molar refractivity (Wildman–Crippen MR) is 95.9 cm³/mol. The molecule has 3 aliphatic rings. The molecule has 0 aliphatic carbocycles. The van der Waals surface area contributed by atoms with Gasteiger partial charge in [-0.1, -0.05) is 0 Å². The molecule has 23 heavy (non-hydrogen) atoms. The van der Waals surface area contributed by atoms with E-state index >= 15 is 0 Å². The van der Waals surface area contributed by atoms with Crippen LogP contribution >= 0.6 is 0 Å². The zero-order chi connectivity index (χ0) is 16.4. The number of fused-ring (bicyclic) bond motifs is 15. The number of likely N-dealkylation sites (N-methyl/N-ethyl adjacent to an activating group) is 1. The molecule has 3 rings (SSSR count). The highest BCUT2D eigenvalue weighted by Crippen LogP contribution is 2.01. The molecular weight excluding hydrogens is 292 g/mol. The average Bonchev–Trinajstić information content (AvgIpc) is 2.56. The molecule has 0 aromatic heterocycles. The third kappa shape index (κ3) is 6.60. The van der Waals surface area contributed by atoms with Crippen molar-refractivity contribution in [3.63, 3.8) is 0 Å². The highest BCUT2D eigenvalue weighted by molar-refractivity contribution is 4.95. The van der Waals surface area contributed by atoms with Crippen LogP contribution in [0.15, 0.2) is 0 Å². The van der Waals surface area contributed by atoms with Crippen molar-refractivity contribution in [2.75, 3.05) is 85.6 Å². The number of hydrogen-bond donors (Lipinski definition) is 8. The van der Waals surface area contributed by atoms with Crippen molar-refractivity contribution < 1.29 is 0 Å². The van der Waals surface area contributed by atoms with E-state index in [9.17, 15) is 0 Å². The molecule has 8 heteroatoms. The summed E-state index contributed by atoms with van der Waals surface area (Å²) >= 11 is 0. The summed E-state index contributed by atoms with van der Waals surface area (Å²) in [6, 6.07) is 0. The minimum Gasteiger partial charge on any atom is -0.322 e.